The number of rotatable bonds is 4. The van der Waals surface area contributed by atoms with Crippen molar-refractivity contribution in [3.05, 3.63) is 59.7 Å². The fourth-order valence-electron chi connectivity index (χ4n) is 3.14. The predicted octanol–water partition coefficient (Wildman–Crippen LogP) is 0.305. The van der Waals surface area contributed by atoms with Crippen molar-refractivity contribution in [1.82, 2.24) is 0 Å². The van der Waals surface area contributed by atoms with Gasteiger partial charge in [0.25, 0.3) is 0 Å². The highest BCUT2D eigenvalue weighted by atomic mass is 16.4. The molecule has 1 aliphatic rings. The maximum absolute atomic E-state index is 11.4. The highest BCUT2D eigenvalue weighted by molar-refractivity contribution is 5.84. The summed E-state index contributed by atoms with van der Waals surface area (Å²) in [6.45, 7) is 0. The first-order valence-corrected chi connectivity index (χ1v) is 6.68. The summed E-state index contributed by atoms with van der Waals surface area (Å²) in [6.07, 6.45) is -0.560. The van der Waals surface area contributed by atoms with E-state index in [4.69, 9.17) is 0 Å². The number of benzene rings is 2. The number of carbonyl (C=O) groups excluding carboxylic acids is 2. The fourth-order valence-corrected chi connectivity index (χ4v) is 3.14. The second-order valence-corrected chi connectivity index (χ2v) is 5.15. The molecule has 0 saturated heterocycles. The van der Waals surface area contributed by atoms with E-state index in [0.717, 1.165) is 22.3 Å². The molecule has 0 N–H and O–H groups in total. The van der Waals surface area contributed by atoms with Crippen molar-refractivity contribution in [1.29, 1.82) is 0 Å². The Kier molecular flexibility index (Phi) is 3.22. The Morgan fingerprint density at radius 1 is 0.905 bits per heavy atom. The number of carbonyl (C=O) groups is 2. The molecule has 0 heterocycles. The van der Waals surface area contributed by atoms with E-state index in [1.807, 2.05) is 48.5 Å². The van der Waals surface area contributed by atoms with Crippen LogP contribution < -0.4 is 10.2 Å². The van der Waals surface area contributed by atoms with E-state index in [1.165, 1.54) is 0 Å². The van der Waals surface area contributed by atoms with Gasteiger partial charge in [-0.15, -0.1) is 0 Å². The molecular weight excluding hydrogens is 268 g/mol. The molecule has 4 heteroatoms. The average molecular weight is 280 g/mol. The van der Waals surface area contributed by atoms with Crippen molar-refractivity contribution in [3.8, 4) is 11.1 Å². The van der Waals surface area contributed by atoms with Crippen LogP contribution in [0.4, 0.5) is 0 Å². The molecule has 3 rings (SSSR count). The lowest BCUT2D eigenvalue weighted by Crippen LogP contribution is -2.39. The molecule has 0 saturated carbocycles. The summed E-state index contributed by atoms with van der Waals surface area (Å²) in [5.74, 6) is -4.40. The van der Waals surface area contributed by atoms with Gasteiger partial charge in [-0.05, 0) is 28.7 Å². The molecule has 0 amide bonds. The molecule has 21 heavy (non-hydrogen) atoms. The van der Waals surface area contributed by atoms with Crippen LogP contribution in [0.3, 0.4) is 0 Å². The average Bonchev–Trinajstić information content (AvgIpc) is 2.79. The number of aliphatic carboxylic acids is 2. The second-order valence-electron chi connectivity index (χ2n) is 5.15. The van der Waals surface area contributed by atoms with Crippen LogP contribution in [0.1, 0.15) is 23.5 Å². The summed E-state index contributed by atoms with van der Waals surface area (Å²) in [7, 11) is 0. The van der Waals surface area contributed by atoms with Crippen LogP contribution in [0, 0.1) is 5.92 Å². The standard InChI is InChI=1S/C17H14O4/c18-15(19)9-14(17(20)21)16-12-7-3-1-5-10(12)11-6-2-4-8-13(11)16/h1-8,14,16H,9H2,(H,18,19)(H,20,21)/p-2. The van der Waals surface area contributed by atoms with Crippen LogP contribution in [0.15, 0.2) is 48.5 Å². The molecule has 1 aliphatic carbocycles. The zero-order valence-electron chi connectivity index (χ0n) is 11.1. The highest BCUT2D eigenvalue weighted by Gasteiger charge is 2.34. The fraction of sp³-hybridized carbons (Fsp3) is 0.176. The largest absolute Gasteiger partial charge is 0.550 e. The molecule has 4 nitrogen and oxygen atoms in total. The van der Waals surface area contributed by atoms with E-state index in [1.54, 1.807) is 0 Å². The summed E-state index contributed by atoms with van der Waals surface area (Å²) < 4.78 is 0. The highest BCUT2D eigenvalue weighted by Crippen LogP contribution is 2.48. The van der Waals surface area contributed by atoms with Gasteiger partial charge in [0.1, 0.15) is 0 Å². The van der Waals surface area contributed by atoms with E-state index in [9.17, 15) is 19.8 Å². The molecule has 0 bridgehead atoms. The van der Waals surface area contributed by atoms with Gasteiger partial charge in [0.2, 0.25) is 0 Å². The van der Waals surface area contributed by atoms with Crippen molar-refractivity contribution in [3.63, 3.8) is 0 Å². The zero-order valence-corrected chi connectivity index (χ0v) is 11.1. The first kappa shape index (κ1) is 13.4. The lowest BCUT2D eigenvalue weighted by atomic mass is 9.82. The van der Waals surface area contributed by atoms with Gasteiger partial charge in [0.05, 0.1) is 0 Å². The molecular formula is C17H12O4-2. The summed E-state index contributed by atoms with van der Waals surface area (Å²) >= 11 is 0. The number of carboxylic acid groups (broad SMARTS) is 2. The molecule has 2 aromatic carbocycles. The summed E-state index contributed by atoms with van der Waals surface area (Å²) in [5.41, 5.74) is 3.55. The van der Waals surface area contributed by atoms with Crippen LogP contribution in [0.5, 0.6) is 0 Å². The summed E-state index contributed by atoms with van der Waals surface area (Å²) in [5, 5.41) is 22.3. The van der Waals surface area contributed by atoms with Gasteiger partial charge in [0.15, 0.2) is 0 Å². The van der Waals surface area contributed by atoms with E-state index in [0.29, 0.717) is 0 Å². The Bertz CT molecular complexity index is 675. The molecule has 0 radical (unpaired) electrons. The van der Waals surface area contributed by atoms with E-state index >= 15 is 0 Å². The van der Waals surface area contributed by atoms with Crippen molar-refractivity contribution in [2.75, 3.05) is 0 Å². The van der Waals surface area contributed by atoms with E-state index in [2.05, 4.69) is 0 Å². The monoisotopic (exact) mass is 280 g/mol. The Morgan fingerprint density at radius 2 is 1.38 bits per heavy atom. The molecule has 1 unspecified atom stereocenters. The molecule has 2 aromatic rings. The van der Waals surface area contributed by atoms with Gasteiger partial charge in [0, 0.05) is 23.8 Å². The lowest BCUT2D eigenvalue weighted by Gasteiger charge is -2.26. The molecule has 106 valence electrons. The van der Waals surface area contributed by atoms with Crippen molar-refractivity contribution in [2.45, 2.75) is 12.3 Å². The maximum Gasteiger partial charge on any atom is 0.0458 e. The smallest absolute Gasteiger partial charge is 0.0458 e. The predicted molar refractivity (Wildman–Crippen MR) is 71.8 cm³/mol. The maximum atomic E-state index is 11.4. The Morgan fingerprint density at radius 3 is 1.81 bits per heavy atom. The molecule has 1 atom stereocenters. The SMILES string of the molecule is O=C([O-])CC(C(=O)[O-])C1c2ccccc2-c2ccccc21. The van der Waals surface area contributed by atoms with Gasteiger partial charge in [-0.3, -0.25) is 0 Å². The van der Waals surface area contributed by atoms with E-state index < -0.39 is 30.2 Å². The van der Waals surface area contributed by atoms with Crippen molar-refractivity contribution in [2.24, 2.45) is 5.92 Å². The first-order valence-electron chi connectivity index (χ1n) is 6.68. The van der Waals surface area contributed by atoms with Gasteiger partial charge in [-0.1, -0.05) is 48.5 Å². The van der Waals surface area contributed by atoms with Gasteiger partial charge in [-0.2, -0.15) is 0 Å². The van der Waals surface area contributed by atoms with Gasteiger partial charge >= 0.3 is 0 Å². The second kappa shape index (κ2) is 5.05. The minimum absolute atomic E-state index is 0.514. The Labute approximate surface area is 121 Å². The topological polar surface area (TPSA) is 80.3 Å². The van der Waals surface area contributed by atoms with Crippen molar-refractivity contribution < 1.29 is 19.8 Å². The quantitative estimate of drug-likeness (QED) is 0.807. The van der Waals surface area contributed by atoms with Crippen LogP contribution >= 0.6 is 0 Å². The Hall–Kier alpha value is -2.62. The van der Waals surface area contributed by atoms with Crippen LogP contribution in [-0.4, -0.2) is 11.9 Å². The lowest BCUT2D eigenvalue weighted by molar-refractivity contribution is -0.321. The third-order valence-corrected chi connectivity index (χ3v) is 3.97. The first-order chi connectivity index (χ1) is 10.1. The number of hydrogen-bond donors (Lipinski definition) is 0. The van der Waals surface area contributed by atoms with Gasteiger partial charge in [-0.25, -0.2) is 0 Å². The molecule has 0 spiro atoms. The third kappa shape index (κ3) is 2.18. The normalized spacial score (nSPS) is 14.3. The molecule has 0 aliphatic heterocycles. The van der Waals surface area contributed by atoms with Crippen molar-refractivity contribution >= 4 is 11.9 Å². The minimum atomic E-state index is -1.38. The number of hydrogen-bond acceptors (Lipinski definition) is 4. The summed E-state index contributed by atoms with van der Waals surface area (Å²) in [4.78, 5) is 22.3. The molecule has 0 aromatic heterocycles. The minimum Gasteiger partial charge on any atom is -0.550 e. The Balaban J connectivity index is 2.17. The number of fused-ring (bicyclic) bond motifs is 3. The van der Waals surface area contributed by atoms with E-state index in [-0.39, 0.29) is 0 Å². The van der Waals surface area contributed by atoms with Crippen LogP contribution in [0.25, 0.3) is 11.1 Å². The van der Waals surface area contributed by atoms with Gasteiger partial charge < -0.3 is 19.8 Å². The summed E-state index contributed by atoms with van der Waals surface area (Å²) in [6, 6.07) is 14.9. The van der Waals surface area contributed by atoms with Crippen LogP contribution in [0.2, 0.25) is 0 Å². The number of carboxylic acids is 2. The molecule has 0 fully saturated rings. The zero-order chi connectivity index (χ0) is 15.0. The third-order valence-electron chi connectivity index (χ3n) is 3.97. The van der Waals surface area contributed by atoms with Crippen LogP contribution in [-0.2, 0) is 9.59 Å².